The largest absolute Gasteiger partial charge is 0.303 e. The monoisotopic (exact) mass is 205 g/mol. The van der Waals surface area contributed by atoms with Gasteiger partial charge in [-0.2, -0.15) is 0 Å². The molecular weight excluding hydrogens is 182 g/mol. The average Bonchev–Trinajstić information content (AvgIpc) is 2.76. The number of hydrogen-bond donors (Lipinski definition) is 0. The molecule has 0 aromatic carbocycles. The van der Waals surface area contributed by atoms with Crippen molar-refractivity contribution in [2.75, 3.05) is 19.6 Å². The number of likely N-dealkylation sites (tertiary alicyclic amines) is 1. The zero-order chi connectivity index (χ0) is 10.9. The van der Waals surface area contributed by atoms with E-state index in [0.717, 1.165) is 0 Å². The normalized spacial score (nSPS) is 18.9. The van der Waals surface area contributed by atoms with Gasteiger partial charge in [0, 0.05) is 0 Å². The summed E-state index contributed by atoms with van der Waals surface area (Å²) in [6.45, 7) is 9.69. The molecule has 0 aromatic heterocycles. The fourth-order valence-electron chi connectivity index (χ4n) is 2.03. The van der Waals surface area contributed by atoms with E-state index in [4.69, 9.17) is 0 Å². The molecule has 0 N–H and O–H groups in total. The fourth-order valence-corrected chi connectivity index (χ4v) is 2.03. The molecule has 0 atom stereocenters. The molecule has 84 valence electrons. The van der Waals surface area contributed by atoms with Crippen LogP contribution in [0.5, 0.6) is 0 Å². The van der Waals surface area contributed by atoms with Gasteiger partial charge in [-0.15, -0.1) is 0 Å². The van der Waals surface area contributed by atoms with Crippen LogP contribution in [0.2, 0.25) is 0 Å². The maximum atomic E-state index is 3.69. The highest BCUT2D eigenvalue weighted by Crippen LogP contribution is 2.11. The van der Waals surface area contributed by atoms with Gasteiger partial charge in [0.05, 0.1) is 0 Å². The first-order valence-corrected chi connectivity index (χ1v) is 6.03. The summed E-state index contributed by atoms with van der Waals surface area (Å²) in [6.07, 6.45) is 13.5. The minimum Gasteiger partial charge on any atom is -0.303 e. The van der Waals surface area contributed by atoms with Crippen molar-refractivity contribution in [1.29, 1.82) is 0 Å². The Morgan fingerprint density at radius 1 is 1.33 bits per heavy atom. The standard InChI is InChI=1S/C14H23N/c1-3-5-9-14(4-2)10-8-13-15-11-6-7-12-15/h3-5,9H,1,6-8,10-13H2,2H3/b9-5-,14-4+. The van der Waals surface area contributed by atoms with Crippen molar-refractivity contribution >= 4 is 0 Å². The van der Waals surface area contributed by atoms with Gasteiger partial charge >= 0.3 is 0 Å². The van der Waals surface area contributed by atoms with Crippen molar-refractivity contribution in [3.05, 3.63) is 36.5 Å². The molecule has 0 aromatic rings. The molecule has 0 radical (unpaired) electrons. The highest BCUT2D eigenvalue weighted by molar-refractivity contribution is 5.20. The molecule has 1 fully saturated rings. The van der Waals surface area contributed by atoms with Crippen LogP contribution in [0.4, 0.5) is 0 Å². The summed E-state index contributed by atoms with van der Waals surface area (Å²) in [6, 6.07) is 0. The molecule has 0 saturated carbocycles. The fraction of sp³-hybridized carbons (Fsp3) is 0.571. The third-order valence-electron chi connectivity index (χ3n) is 2.96. The van der Waals surface area contributed by atoms with Crippen LogP contribution >= 0.6 is 0 Å². The van der Waals surface area contributed by atoms with E-state index >= 15 is 0 Å². The second-order valence-corrected chi connectivity index (χ2v) is 4.11. The van der Waals surface area contributed by atoms with E-state index in [-0.39, 0.29) is 0 Å². The van der Waals surface area contributed by atoms with E-state index in [2.05, 4.69) is 30.6 Å². The van der Waals surface area contributed by atoms with Crippen LogP contribution < -0.4 is 0 Å². The maximum absolute atomic E-state index is 3.69. The Kier molecular flexibility index (Phi) is 6.10. The summed E-state index contributed by atoms with van der Waals surface area (Å²) in [5.41, 5.74) is 1.43. The van der Waals surface area contributed by atoms with Crippen LogP contribution in [0.15, 0.2) is 36.5 Å². The lowest BCUT2D eigenvalue weighted by molar-refractivity contribution is 0.334. The lowest BCUT2D eigenvalue weighted by Crippen LogP contribution is -2.20. The van der Waals surface area contributed by atoms with Crippen LogP contribution in [-0.4, -0.2) is 24.5 Å². The quantitative estimate of drug-likeness (QED) is 0.599. The molecule has 0 spiro atoms. The summed E-state index contributed by atoms with van der Waals surface area (Å²) >= 11 is 0. The predicted molar refractivity (Wildman–Crippen MR) is 68.0 cm³/mol. The predicted octanol–water partition coefficient (Wildman–Crippen LogP) is 3.55. The summed E-state index contributed by atoms with van der Waals surface area (Å²) in [4.78, 5) is 2.57. The summed E-state index contributed by atoms with van der Waals surface area (Å²) in [7, 11) is 0. The van der Waals surface area contributed by atoms with E-state index in [1.165, 1.54) is 50.9 Å². The van der Waals surface area contributed by atoms with Crippen molar-refractivity contribution in [3.63, 3.8) is 0 Å². The molecule has 1 heterocycles. The van der Waals surface area contributed by atoms with E-state index in [9.17, 15) is 0 Å². The zero-order valence-corrected chi connectivity index (χ0v) is 9.91. The van der Waals surface area contributed by atoms with E-state index in [0.29, 0.717) is 0 Å². The van der Waals surface area contributed by atoms with Gasteiger partial charge in [-0.05, 0) is 52.2 Å². The first-order chi connectivity index (χ1) is 7.36. The average molecular weight is 205 g/mol. The molecule has 1 rings (SSSR count). The van der Waals surface area contributed by atoms with E-state index in [1.807, 2.05) is 12.2 Å². The van der Waals surface area contributed by atoms with Crippen LogP contribution in [0.25, 0.3) is 0 Å². The molecule has 1 aliphatic heterocycles. The highest BCUT2D eigenvalue weighted by Gasteiger charge is 2.10. The van der Waals surface area contributed by atoms with Gasteiger partial charge in [0.1, 0.15) is 0 Å². The molecule has 1 heteroatoms. The van der Waals surface area contributed by atoms with Crippen molar-refractivity contribution in [2.45, 2.75) is 32.6 Å². The van der Waals surface area contributed by atoms with Gasteiger partial charge < -0.3 is 4.90 Å². The molecule has 1 nitrogen and oxygen atoms in total. The van der Waals surface area contributed by atoms with Crippen molar-refractivity contribution in [1.82, 2.24) is 4.90 Å². The first kappa shape index (κ1) is 12.3. The van der Waals surface area contributed by atoms with Crippen LogP contribution in [0, 0.1) is 0 Å². The molecular formula is C14H23N. The van der Waals surface area contributed by atoms with E-state index in [1.54, 1.807) is 0 Å². The SMILES string of the molecule is C=C/C=C\C(=C/C)CCCN1CCCC1. The Bertz CT molecular complexity index is 232. The van der Waals surface area contributed by atoms with Gasteiger partial charge in [-0.25, -0.2) is 0 Å². The number of rotatable bonds is 6. The number of allylic oxidation sites excluding steroid dienone is 5. The van der Waals surface area contributed by atoms with Gasteiger partial charge in [0.15, 0.2) is 0 Å². The van der Waals surface area contributed by atoms with Gasteiger partial charge in [-0.3, -0.25) is 0 Å². The highest BCUT2D eigenvalue weighted by atomic mass is 15.1. The lowest BCUT2D eigenvalue weighted by Gasteiger charge is -2.13. The smallest absolute Gasteiger partial charge is 0.00156 e. The van der Waals surface area contributed by atoms with Gasteiger partial charge in [0.2, 0.25) is 0 Å². The van der Waals surface area contributed by atoms with Gasteiger partial charge in [-0.1, -0.05) is 36.5 Å². The third kappa shape index (κ3) is 4.98. The van der Waals surface area contributed by atoms with Crippen molar-refractivity contribution in [2.24, 2.45) is 0 Å². The minimum atomic E-state index is 1.19. The van der Waals surface area contributed by atoms with Gasteiger partial charge in [0.25, 0.3) is 0 Å². The maximum Gasteiger partial charge on any atom is -0.00156 e. The van der Waals surface area contributed by atoms with E-state index < -0.39 is 0 Å². The molecule has 1 saturated heterocycles. The second kappa shape index (κ2) is 7.47. The molecule has 0 bridgehead atoms. The van der Waals surface area contributed by atoms with Crippen LogP contribution in [-0.2, 0) is 0 Å². The van der Waals surface area contributed by atoms with Crippen molar-refractivity contribution in [3.8, 4) is 0 Å². The lowest BCUT2D eigenvalue weighted by atomic mass is 10.1. The molecule has 1 aliphatic rings. The second-order valence-electron chi connectivity index (χ2n) is 4.11. The minimum absolute atomic E-state index is 1.19. The summed E-state index contributed by atoms with van der Waals surface area (Å²) in [5, 5.41) is 0. The number of hydrogen-bond acceptors (Lipinski definition) is 1. The first-order valence-electron chi connectivity index (χ1n) is 6.03. The summed E-state index contributed by atoms with van der Waals surface area (Å²) < 4.78 is 0. The Morgan fingerprint density at radius 3 is 2.67 bits per heavy atom. The van der Waals surface area contributed by atoms with Crippen LogP contribution in [0.3, 0.4) is 0 Å². The van der Waals surface area contributed by atoms with Crippen molar-refractivity contribution < 1.29 is 0 Å². The zero-order valence-electron chi connectivity index (χ0n) is 9.91. The Balaban J connectivity index is 2.16. The molecule has 0 aliphatic carbocycles. The Labute approximate surface area is 94.2 Å². The molecule has 0 unspecified atom stereocenters. The van der Waals surface area contributed by atoms with Crippen LogP contribution in [0.1, 0.15) is 32.6 Å². The summed E-state index contributed by atoms with van der Waals surface area (Å²) in [5.74, 6) is 0. The molecule has 15 heavy (non-hydrogen) atoms. The topological polar surface area (TPSA) is 3.24 Å². The Morgan fingerprint density at radius 2 is 2.07 bits per heavy atom. The number of nitrogens with zero attached hydrogens (tertiary/aromatic N) is 1. The Hall–Kier alpha value is -0.820. The third-order valence-corrected chi connectivity index (χ3v) is 2.96. The molecule has 0 amide bonds.